The molecule has 2 aliphatic rings. The number of hydrogen-bond donors (Lipinski definition) is 2. The van der Waals surface area contributed by atoms with E-state index in [4.69, 9.17) is 18.6 Å². The molecule has 3 rings (SSSR count). The van der Waals surface area contributed by atoms with Gasteiger partial charge in [-0.2, -0.15) is 0 Å². The average Bonchev–Trinajstić information content (AvgIpc) is 2.86. The summed E-state index contributed by atoms with van der Waals surface area (Å²) in [7, 11) is 1.50. The van der Waals surface area contributed by atoms with E-state index >= 15 is 0 Å². The van der Waals surface area contributed by atoms with Gasteiger partial charge < -0.3 is 28.8 Å². The van der Waals surface area contributed by atoms with Crippen LogP contribution in [-0.2, 0) is 9.47 Å². The molecule has 0 saturated carbocycles. The highest BCUT2D eigenvalue weighted by atomic mass is 16.6. The first-order valence-corrected chi connectivity index (χ1v) is 10.1. The van der Waals surface area contributed by atoms with Gasteiger partial charge in [0.1, 0.15) is 41.0 Å². The Labute approximate surface area is 176 Å². The first-order chi connectivity index (χ1) is 14.2. The summed E-state index contributed by atoms with van der Waals surface area (Å²) < 4.78 is 22.4. The molecule has 3 heterocycles. The molecule has 1 aromatic rings. The van der Waals surface area contributed by atoms with E-state index in [0.717, 1.165) is 5.56 Å². The molecule has 1 aromatic heterocycles. The van der Waals surface area contributed by atoms with Crippen LogP contribution in [0.2, 0.25) is 0 Å². The molecule has 2 aliphatic heterocycles. The molecule has 6 atom stereocenters. The molecule has 2 bridgehead atoms. The number of ether oxygens (including phenoxy) is 3. The molecule has 0 aromatic carbocycles. The normalized spacial score (nSPS) is 36.4. The Morgan fingerprint density at radius 1 is 1.13 bits per heavy atom. The molecule has 7 heteroatoms. The van der Waals surface area contributed by atoms with E-state index < -0.39 is 35.1 Å². The van der Waals surface area contributed by atoms with Crippen molar-refractivity contribution in [3.8, 4) is 5.75 Å². The van der Waals surface area contributed by atoms with Crippen LogP contribution in [0, 0.1) is 6.92 Å². The van der Waals surface area contributed by atoms with E-state index in [1.807, 2.05) is 20.8 Å². The topological polar surface area (TPSA) is 98.4 Å². The second-order valence-electron chi connectivity index (χ2n) is 8.06. The Morgan fingerprint density at radius 3 is 2.50 bits per heavy atom. The molecule has 0 amide bonds. The van der Waals surface area contributed by atoms with Crippen molar-refractivity contribution in [3.63, 3.8) is 0 Å². The first kappa shape index (κ1) is 22.5. The summed E-state index contributed by atoms with van der Waals surface area (Å²) in [5, 5.41) is 21.4. The van der Waals surface area contributed by atoms with Gasteiger partial charge in [0.25, 0.3) is 0 Å². The maximum Gasteiger partial charge on any atom is 0.339 e. The third-order valence-corrected chi connectivity index (χ3v) is 6.08. The van der Waals surface area contributed by atoms with Gasteiger partial charge in [0.2, 0.25) is 0 Å². The monoisotopic (exact) mass is 418 g/mol. The van der Waals surface area contributed by atoms with Gasteiger partial charge in [-0.05, 0) is 33.3 Å². The lowest BCUT2D eigenvalue weighted by Crippen LogP contribution is -2.64. The van der Waals surface area contributed by atoms with Gasteiger partial charge >= 0.3 is 5.63 Å². The van der Waals surface area contributed by atoms with Crippen molar-refractivity contribution >= 4 is 6.08 Å². The van der Waals surface area contributed by atoms with E-state index in [1.54, 1.807) is 43.4 Å². The van der Waals surface area contributed by atoms with Crippen LogP contribution in [-0.4, -0.2) is 52.9 Å². The Balaban J connectivity index is 1.69. The molecule has 2 saturated heterocycles. The van der Waals surface area contributed by atoms with E-state index in [1.165, 1.54) is 13.2 Å². The van der Waals surface area contributed by atoms with Gasteiger partial charge in [-0.1, -0.05) is 37.3 Å². The molecule has 2 N–H and O–H groups in total. The summed E-state index contributed by atoms with van der Waals surface area (Å²) >= 11 is 0. The fourth-order valence-electron chi connectivity index (χ4n) is 4.29. The van der Waals surface area contributed by atoms with Crippen molar-refractivity contribution in [2.45, 2.75) is 69.7 Å². The van der Waals surface area contributed by atoms with Crippen LogP contribution in [0.15, 0.2) is 45.7 Å². The zero-order chi connectivity index (χ0) is 22.1. The van der Waals surface area contributed by atoms with Crippen molar-refractivity contribution in [1.29, 1.82) is 0 Å². The lowest BCUT2D eigenvalue weighted by molar-refractivity contribution is -0.224. The zero-order valence-electron chi connectivity index (χ0n) is 18.0. The van der Waals surface area contributed by atoms with Crippen LogP contribution in [0.5, 0.6) is 5.75 Å². The number of fused-ring (bicyclic) bond motifs is 2. The Hall–Kier alpha value is -2.19. The lowest BCUT2D eigenvalue weighted by Gasteiger charge is -2.45. The largest absolute Gasteiger partial charge is 0.496 e. The SMILES string of the molecule is CC[C@H]1O[C@@]2(C)[C@H](O)[C@]1(C)O[C@H](/C=C/C=C/C=C\c1oc(=O)cc(OC)c1C)[C@H]2O. The Morgan fingerprint density at radius 2 is 1.83 bits per heavy atom. The molecule has 2 fully saturated rings. The maximum absolute atomic E-state index is 11.6. The number of aliphatic hydroxyl groups is 2. The fourth-order valence-corrected chi connectivity index (χ4v) is 4.29. The quantitative estimate of drug-likeness (QED) is 0.685. The molecular formula is C23H30O7. The molecular weight excluding hydrogens is 388 g/mol. The van der Waals surface area contributed by atoms with E-state index in [-0.39, 0.29) is 6.10 Å². The molecule has 0 aliphatic carbocycles. The van der Waals surface area contributed by atoms with Gasteiger partial charge in [0.15, 0.2) is 0 Å². The highest BCUT2D eigenvalue weighted by Gasteiger charge is 2.67. The fraction of sp³-hybridized carbons (Fsp3) is 0.522. The van der Waals surface area contributed by atoms with Gasteiger partial charge in [0.05, 0.1) is 19.3 Å². The molecule has 0 spiro atoms. The third-order valence-electron chi connectivity index (χ3n) is 6.08. The minimum absolute atomic E-state index is 0.287. The van der Waals surface area contributed by atoms with Gasteiger partial charge in [-0.15, -0.1) is 0 Å². The second kappa shape index (κ2) is 8.51. The predicted octanol–water partition coefficient (Wildman–Crippen LogP) is 2.53. The summed E-state index contributed by atoms with van der Waals surface area (Å²) in [6.07, 6.45) is 8.34. The number of allylic oxidation sites excluding steroid dienone is 4. The summed E-state index contributed by atoms with van der Waals surface area (Å²) in [6.45, 7) is 7.33. The summed E-state index contributed by atoms with van der Waals surface area (Å²) in [5.74, 6) is 0.901. The minimum Gasteiger partial charge on any atom is -0.496 e. The number of methoxy groups -OCH3 is 1. The molecule has 0 unspecified atom stereocenters. The summed E-state index contributed by atoms with van der Waals surface area (Å²) in [6, 6.07) is 1.30. The Kier molecular flexibility index (Phi) is 6.38. The van der Waals surface area contributed by atoms with E-state index in [2.05, 4.69) is 0 Å². The number of aliphatic hydroxyl groups excluding tert-OH is 2. The summed E-state index contributed by atoms with van der Waals surface area (Å²) in [5.41, 5.74) is -1.69. The predicted molar refractivity (Wildman–Crippen MR) is 112 cm³/mol. The van der Waals surface area contributed by atoms with Gasteiger partial charge in [0, 0.05) is 5.56 Å². The van der Waals surface area contributed by atoms with Crippen molar-refractivity contribution in [2.24, 2.45) is 0 Å². The van der Waals surface area contributed by atoms with Crippen LogP contribution in [0.25, 0.3) is 6.08 Å². The standard InChI is InChI=1S/C23H30O7/c1-6-18-22(3)21(26)23(4,30-18)20(25)16(29-22)12-10-8-7-9-11-15-14(2)17(27-5)13-19(24)28-15/h7-13,16,18,20-21,25-26H,6H2,1-5H3/b8-7+,11-9-,12-10+/t16-,18-,20-,21-,22-,23-/m1/s1. The highest BCUT2D eigenvalue weighted by molar-refractivity contribution is 5.52. The molecule has 0 radical (unpaired) electrons. The van der Waals surface area contributed by atoms with Crippen LogP contribution in [0.1, 0.15) is 38.5 Å². The number of hydrogen-bond acceptors (Lipinski definition) is 7. The molecule has 7 nitrogen and oxygen atoms in total. The summed E-state index contributed by atoms with van der Waals surface area (Å²) in [4.78, 5) is 11.6. The number of rotatable bonds is 6. The smallest absolute Gasteiger partial charge is 0.339 e. The highest BCUT2D eigenvalue weighted by Crippen LogP contribution is 2.49. The molecule has 30 heavy (non-hydrogen) atoms. The van der Waals surface area contributed by atoms with Crippen molar-refractivity contribution in [2.75, 3.05) is 7.11 Å². The van der Waals surface area contributed by atoms with Gasteiger partial charge in [-0.25, -0.2) is 4.79 Å². The van der Waals surface area contributed by atoms with Gasteiger partial charge in [-0.3, -0.25) is 0 Å². The van der Waals surface area contributed by atoms with Crippen LogP contribution >= 0.6 is 0 Å². The zero-order valence-corrected chi connectivity index (χ0v) is 18.0. The molecule has 164 valence electrons. The lowest BCUT2D eigenvalue weighted by atomic mass is 9.78. The third kappa shape index (κ3) is 3.78. The van der Waals surface area contributed by atoms with Crippen LogP contribution < -0.4 is 10.4 Å². The second-order valence-corrected chi connectivity index (χ2v) is 8.06. The van der Waals surface area contributed by atoms with Crippen molar-refractivity contribution in [3.05, 3.63) is 58.2 Å². The van der Waals surface area contributed by atoms with Crippen molar-refractivity contribution in [1.82, 2.24) is 0 Å². The Bertz CT molecular complexity index is 911. The van der Waals surface area contributed by atoms with Crippen LogP contribution in [0.3, 0.4) is 0 Å². The average molecular weight is 418 g/mol. The van der Waals surface area contributed by atoms with Crippen molar-refractivity contribution < 1.29 is 28.8 Å². The first-order valence-electron chi connectivity index (χ1n) is 10.1. The van der Waals surface area contributed by atoms with E-state index in [0.29, 0.717) is 17.9 Å². The maximum atomic E-state index is 11.6. The van der Waals surface area contributed by atoms with Crippen LogP contribution in [0.4, 0.5) is 0 Å². The van der Waals surface area contributed by atoms with E-state index in [9.17, 15) is 15.0 Å². The minimum atomic E-state index is -1.08.